The lowest BCUT2D eigenvalue weighted by Gasteiger charge is -2.26. The number of sulfone groups is 1. The number of morpholine rings is 1. The van der Waals surface area contributed by atoms with Crippen LogP contribution in [0.5, 0.6) is 0 Å². The summed E-state index contributed by atoms with van der Waals surface area (Å²) in [5, 5.41) is 2.37. The first-order chi connectivity index (χ1) is 14.5. The van der Waals surface area contributed by atoms with Crippen LogP contribution in [0.25, 0.3) is 0 Å². The van der Waals surface area contributed by atoms with Crippen molar-refractivity contribution in [3.63, 3.8) is 0 Å². The molecule has 0 aliphatic carbocycles. The molecule has 1 aliphatic heterocycles. The van der Waals surface area contributed by atoms with E-state index >= 15 is 0 Å². The lowest BCUT2D eigenvalue weighted by atomic mass is 10.2. The van der Waals surface area contributed by atoms with Gasteiger partial charge in [0.2, 0.25) is 19.9 Å². The lowest BCUT2D eigenvalue weighted by Crippen LogP contribution is -2.40. The molecule has 0 bridgehead atoms. The van der Waals surface area contributed by atoms with Gasteiger partial charge in [0.1, 0.15) is 10.7 Å². The molecule has 0 saturated carbocycles. The van der Waals surface area contributed by atoms with Crippen molar-refractivity contribution in [1.82, 2.24) is 4.31 Å². The molecule has 0 spiro atoms. The Hall–Kier alpha value is -2.48. The molecule has 1 saturated heterocycles. The number of halogens is 3. The number of nitrogens with one attached hydrogen (secondary N) is 1. The number of sulfonamides is 1. The maximum Gasteiger partial charge on any atom is 0.341 e. The highest BCUT2D eigenvalue weighted by Crippen LogP contribution is 2.25. The third-order valence-corrected chi connectivity index (χ3v) is 7.77. The zero-order valence-electron chi connectivity index (χ0n) is 15.8. The number of hydrogen-bond acceptors (Lipinski definition) is 6. The van der Waals surface area contributed by atoms with Gasteiger partial charge in [-0.25, -0.2) is 21.2 Å². The summed E-state index contributed by atoms with van der Waals surface area (Å²) in [7, 11) is -8.96. The second-order valence-electron chi connectivity index (χ2n) is 6.45. The number of ether oxygens (including phenoxy) is 1. The smallest absolute Gasteiger partial charge is 0.341 e. The van der Waals surface area contributed by atoms with Gasteiger partial charge >= 0.3 is 5.76 Å². The van der Waals surface area contributed by atoms with E-state index in [1.807, 2.05) is 0 Å². The van der Waals surface area contributed by atoms with E-state index in [1.54, 1.807) is 0 Å². The predicted octanol–water partition coefficient (Wildman–Crippen LogP) is 2.10. The fourth-order valence-corrected chi connectivity index (χ4v) is 5.03. The van der Waals surface area contributed by atoms with E-state index in [4.69, 9.17) is 4.74 Å². The molecule has 0 aromatic heterocycles. The Labute approximate surface area is 176 Å². The molecule has 2 aromatic rings. The Bertz CT molecular complexity index is 1180. The van der Waals surface area contributed by atoms with Gasteiger partial charge in [-0.05, 0) is 42.5 Å². The Morgan fingerprint density at radius 3 is 2.19 bits per heavy atom. The second kappa shape index (κ2) is 8.94. The minimum atomic E-state index is -4.80. The zero-order valence-corrected chi connectivity index (χ0v) is 17.4. The summed E-state index contributed by atoms with van der Waals surface area (Å²) in [6, 6.07) is 6.78. The first-order valence-electron chi connectivity index (χ1n) is 8.84. The number of amides is 1. The van der Waals surface area contributed by atoms with Gasteiger partial charge in [-0.1, -0.05) is 0 Å². The van der Waals surface area contributed by atoms with Gasteiger partial charge in [-0.3, -0.25) is 4.79 Å². The first-order valence-corrected chi connectivity index (χ1v) is 11.8. The maximum absolute atomic E-state index is 14.2. The van der Waals surface area contributed by atoms with Gasteiger partial charge in [0.15, 0.2) is 0 Å². The molecule has 31 heavy (non-hydrogen) atoms. The van der Waals surface area contributed by atoms with Gasteiger partial charge in [0.25, 0.3) is 5.91 Å². The highest BCUT2D eigenvalue weighted by Gasteiger charge is 2.30. The average Bonchev–Trinajstić information content (AvgIpc) is 2.75. The van der Waals surface area contributed by atoms with Gasteiger partial charge in [-0.15, -0.1) is 0 Å². The van der Waals surface area contributed by atoms with Crippen molar-refractivity contribution in [2.75, 3.05) is 31.6 Å². The van der Waals surface area contributed by atoms with E-state index in [-0.39, 0.29) is 37.6 Å². The molecule has 1 aliphatic rings. The van der Waals surface area contributed by atoms with Crippen molar-refractivity contribution in [2.45, 2.75) is 15.5 Å². The lowest BCUT2D eigenvalue weighted by molar-refractivity contribution is 0.0729. The first kappa shape index (κ1) is 23.2. The van der Waals surface area contributed by atoms with Crippen molar-refractivity contribution in [2.24, 2.45) is 0 Å². The molecule has 8 nitrogen and oxygen atoms in total. The molecular weight excluding hydrogens is 461 g/mol. The quantitative estimate of drug-likeness (QED) is 0.681. The van der Waals surface area contributed by atoms with E-state index in [9.17, 15) is 34.8 Å². The highest BCUT2D eigenvalue weighted by molar-refractivity contribution is 7.91. The summed E-state index contributed by atoms with van der Waals surface area (Å²) in [5.41, 5.74) is -0.0994. The fourth-order valence-electron chi connectivity index (χ4n) is 2.81. The number of alkyl halides is 2. The molecule has 0 unspecified atom stereocenters. The zero-order chi connectivity index (χ0) is 22.8. The van der Waals surface area contributed by atoms with Crippen LogP contribution in [0.15, 0.2) is 52.3 Å². The Kier molecular flexibility index (Phi) is 6.69. The number of rotatable bonds is 6. The van der Waals surface area contributed by atoms with E-state index in [0.29, 0.717) is 0 Å². The SMILES string of the molecule is O=C(Nc1ccc(F)c(S(=O)(=O)N2CCOCC2)c1)c1ccc(S(=O)(=O)C(F)F)cc1. The minimum Gasteiger partial charge on any atom is -0.379 e. The number of nitrogens with zero attached hydrogens (tertiary/aromatic N) is 1. The minimum absolute atomic E-state index is 0.0255. The third-order valence-electron chi connectivity index (χ3n) is 4.46. The summed E-state index contributed by atoms with van der Waals surface area (Å²) in [5.74, 6) is -5.37. The molecule has 1 fully saturated rings. The number of carbonyl (C=O) groups excluding carboxylic acids is 1. The topological polar surface area (TPSA) is 110 Å². The van der Waals surface area contributed by atoms with Crippen molar-refractivity contribution >= 4 is 31.5 Å². The van der Waals surface area contributed by atoms with Crippen LogP contribution in [-0.2, 0) is 24.6 Å². The number of benzene rings is 2. The van der Waals surface area contributed by atoms with Crippen LogP contribution in [0.2, 0.25) is 0 Å². The molecule has 13 heteroatoms. The highest BCUT2D eigenvalue weighted by atomic mass is 32.2. The maximum atomic E-state index is 14.2. The van der Waals surface area contributed by atoms with Crippen LogP contribution in [0.1, 0.15) is 10.4 Å². The Morgan fingerprint density at radius 1 is 1.00 bits per heavy atom. The molecule has 168 valence electrons. The third kappa shape index (κ3) is 4.89. The second-order valence-corrected chi connectivity index (χ2v) is 10.3. The largest absolute Gasteiger partial charge is 0.379 e. The van der Waals surface area contributed by atoms with Crippen LogP contribution in [0.3, 0.4) is 0 Å². The molecule has 0 atom stereocenters. The average molecular weight is 478 g/mol. The molecule has 1 amide bonds. The van der Waals surface area contributed by atoms with Crippen LogP contribution in [0.4, 0.5) is 18.9 Å². The molecule has 3 rings (SSSR count). The molecule has 0 radical (unpaired) electrons. The number of anilines is 1. The summed E-state index contributed by atoms with van der Waals surface area (Å²) in [6.07, 6.45) is 0. The standard InChI is InChI=1S/C18H17F3N2O6S2/c19-15-6-3-13(11-16(15)31(27,28)23-7-9-29-10-8-23)22-17(24)12-1-4-14(5-2-12)30(25,26)18(20)21/h1-6,11,18H,7-10H2,(H,22,24). The fraction of sp³-hybridized carbons (Fsp3) is 0.278. The van der Waals surface area contributed by atoms with Crippen molar-refractivity contribution < 1.29 is 39.5 Å². The predicted molar refractivity (Wildman–Crippen MR) is 104 cm³/mol. The van der Waals surface area contributed by atoms with Crippen LogP contribution < -0.4 is 5.32 Å². The van der Waals surface area contributed by atoms with E-state index < -0.39 is 47.1 Å². The number of carbonyl (C=O) groups is 1. The summed E-state index contributed by atoms with van der Waals surface area (Å²) in [4.78, 5) is 11.1. The van der Waals surface area contributed by atoms with Gasteiger partial charge < -0.3 is 10.1 Å². The van der Waals surface area contributed by atoms with E-state index in [2.05, 4.69) is 5.32 Å². The molecule has 1 N–H and O–H groups in total. The van der Waals surface area contributed by atoms with Crippen LogP contribution in [0, 0.1) is 5.82 Å². The van der Waals surface area contributed by atoms with Gasteiger partial charge in [-0.2, -0.15) is 13.1 Å². The van der Waals surface area contributed by atoms with Crippen molar-refractivity contribution in [3.8, 4) is 0 Å². The van der Waals surface area contributed by atoms with Gasteiger partial charge in [0, 0.05) is 24.3 Å². The summed E-state index contributed by atoms with van der Waals surface area (Å²) < 4.78 is 93.9. The molecule has 1 heterocycles. The van der Waals surface area contributed by atoms with Crippen molar-refractivity contribution in [1.29, 1.82) is 0 Å². The normalized spacial score (nSPS) is 15.7. The van der Waals surface area contributed by atoms with E-state index in [0.717, 1.165) is 46.8 Å². The monoisotopic (exact) mass is 478 g/mol. The van der Waals surface area contributed by atoms with Gasteiger partial charge in [0.05, 0.1) is 18.1 Å². The number of hydrogen-bond donors (Lipinski definition) is 1. The summed E-state index contributed by atoms with van der Waals surface area (Å²) >= 11 is 0. The van der Waals surface area contributed by atoms with Crippen molar-refractivity contribution in [3.05, 3.63) is 53.8 Å². The van der Waals surface area contributed by atoms with E-state index in [1.165, 1.54) is 0 Å². The Balaban J connectivity index is 1.82. The van der Waals surface area contributed by atoms with Crippen LogP contribution in [-0.4, -0.2) is 59.1 Å². The molecule has 2 aromatic carbocycles. The molecular formula is C18H17F3N2O6S2. The summed E-state index contributed by atoms with van der Waals surface area (Å²) in [6.45, 7) is 0.474. The Morgan fingerprint density at radius 2 is 1.61 bits per heavy atom. The van der Waals surface area contributed by atoms with Crippen LogP contribution >= 0.6 is 0 Å².